The molecule has 1 N–H and O–H groups in total. The maximum atomic E-state index is 6.10. The van der Waals surface area contributed by atoms with Gasteiger partial charge in [-0.25, -0.2) is 0 Å². The second-order valence-electron chi connectivity index (χ2n) is 6.59. The first-order valence-electron chi connectivity index (χ1n) is 6.60. The van der Waals surface area contributed by atoms with Crippen LogP contribution in [0.25, 0.3) is 0 Å². The fourth-order valence-corrected chi connectivity index (χ4v) is 2.75. The summed E-state index contributed by atoms with van der Waals surface area (Å²) < 4.78 is 6.10. The lowest BCUT2D eigenvalue weighted by Crippen LogP contribution is -2.45. The molecule has 0 aromatic carbocycles. The highest BCUT2D eigenvalue weighted by atomic mass is 28.4. The van der Waals surface area contributed by atoms with Crippen LogP contribution in [0.1, 0.15) is 33.6 Å². The summed E-state index contributed by atoms with van der Waals surface area (Å²) in [6, 6.07) is 0.624. The highest BCUT2D eigenvalue weighted by Crippen LogP contribution is 2.36. The summed E-state index contributed by atoms with van der Waals surface area (Å²) in [6.07, 6.45) is 7.63. The number of rotatable bonds is 5. The summed E-state index contributed by atoms with van der Waals surface area (Å²) in [5, 5.41) is 3.81. The summed E-state index contributed by atoms with van der Waals surface area (Å²) in [4.78, 5) is 0. The molecule has 98 valence electrons. The van der Waals surface area contributed by atoms with E-state index in [9.17, 15) is 0 Å². The molecule has 1 saturated carbocycles. The van der Waals surface area contributed by atoms with E-state index in [1.165, 1.54) is 0 Å². The highest BCUT2D eigenvalue weighted by Gasteiger charge is 2.37. The quantitative estimate of drug-likeness (QED) is 0.462. The Morgan fingerprint density at radius 1 is 1.35 bits per heavy atom. The third kappa shape index (κ3) is 4.13. The maximum Gasteiger partial charge on any atom is 0.192 e. The van der Waals surface area contributed by atoms with Crippen molar-refractivity contribution in [2.24, 2.45) is 5.92 Å². The van der Waals surface area contributed by atoms with Crippen molar-refractivity contribution in [3.8, 4) is 12.3 Å². The second kappa shape index (κ2) is 5.56. The number of hydrogen-bond acceptors (Lipinski definition) is 2. The molecule has 1 aliphatic carbocycles. The minimum absolute atomic E-state index is 0.304. The molecule has 0 aromatic rings. The average molecular weight is 253 g/mol. The molecular weight excluding hydrogens is 226 g/mol. The van der Waals surface area contributed by atoms with Gasteiger partial charge in [-0.05, 0) is 31.0 Å². The van der Waals surface area contributed by atoms with Gasteiger partial charge in [0.25, 0.3) is 0 Å². The first kappa shape index (κ1) is 14.8. The molecular formula is C14H27NOSi. The van der Waals surface area contributed by atoms with Crippen molar-refractivity contribution < 1.29 is 4.43 Å². The van der Waals surface area contributed by atoms with E-state index in [0.717, 1.165) is 26.0 Å². The third-order valence-electron chi connectivity index (χ3n) is 4.18. The second-order valence-corrected chi connectivity index (χ2v) is 11.4. The molecule has 17 heavy (non-hydrogen) atoms. The van der Waals surface area contributed by atoms with Crippen molar-refractivity contribution in [3.63, 3.8) is 0 Å². The Hall–Kier alpha value is -0.303. The van der Waals surface area contributed by atoms with Crippen molar-refractivity contribution >= 4 is 8.32 Å². The van der Waals surface area contributed by atoms with Gasteiger partial charge in [-0.15, -0.1) is 12.3 Å². The summed E-state index contributed by atoms with van der Waals surface area (Å²) in [5.41, 5.74) is 0. The first-order chi connectivity index (χ1) is 7.76. The molecule has 0 aromatic heterocycles. The Labute approximate surface area is 108 Å². The molecule has 1 fully saturated rings. The van der Waals surface area contributed by atoms with Crippen LogP contribution in [0.2, 0.25) is 18.1 Å². The summed E-state index contributed by atoms with van der Waals surface area (Å²) >= 11 is 0. The zero-order chi connectivity index (χ0) is 13.1. The molecule has 0 unspecified atom stereocenters. The normalized spacial score (nSPS) is 25.2. The molecule has 0 aliphatic heterocycles. The van der Waals surface area contributed by atoms with Crippen molar-refractivity contribution in [1.29, 1.82) is 0 Å². The van der Waals surface area contributed by atoms with E-state index in [-0.39, 0.29) is 0 Å². The van der Waals surface area contributed by atoms with Gasteiger partial charge in [-0.3, -0.25) is 0 Å². The van der Waals surface area contributed by atoms with Crippen LogP contribution in [0, 0.1) is 18.3 Å². The average Bonchev–Trinajstić information content (AvgIpc) is 2.12. The van der Waals surface area contributed by atoms with E-state index in [1.54, 1.807) is 0 Å². The van der Waals surface area contributed by atoms with E-state index in [2.05, 4.69) is 45.1 Å². The molecule has 0 bridgehead atoms. The largest absolute Gasteiger partial charge is 0.416 e. The Morgan fingerprint density at radius 2 is 1.94 bits per heavy atom. The fourth-order valence-electron chi connectivity index (χ4n) is 1.71. The van der Waals surface area contributed by atoms with Gasteiger partial charge in [0, 0.05) is 25.1 Å². The van der Waals surface area contributed by atoms with Gasteiger partial charge in [0.05, 0.1) is 0 Å². The smallest absolute Gasteiger partial charge is 0.192 e. The minimum atomic E-state index is -1.56. The van der Waals surface area contributed by atoms with Gasteiger partial charge in [0.2, 0.25) is 0 Å². The molecule has 2 nitrogen and oxygen atoms in total. The first-order valence-corrected chi connectivity index (χ1v) is 9.50. The van der Waals surface area contributed by atoms with Crippen LogP contribution in [-0.2, 0) is 4.43 Å². The predicted molar refractivity (Wildman–Crippen MR) is 76.5 cm³/mol. The van der Waals surface area contributed by atoms with Gasteiger partial charge in [0.15, 0.2) is 8.32 Å². The minimum Gasteiger partial charge on any atom is -0.416 e. The van der Waals surface area contributed by atoms with E-state index in [4.69, 9.17) is 10.8 Å². The zero-order valence-corrected chi connectivity index (χ0v) is 13.0. The molecule has 0 radical (unpaired) electrons. The summed E-state index contributed by atoms with van der Waals surface area (Å²) in [7, 11) is -1.56. The topological polar surface area (TPSA) is 21.3 Å². The Bertz CT molecular complexity index is 282. The molecule has 3 heteroatoms. The monoisotopic (exact) mass is 253 g/mol. The van der Waals surface area contributed by atoms with Crippen molar-refractivity contribution in [3.05, 3.63) is 0 Å². The van der Waals surface area contributed by atoms with Crippen LogP contribution >= 0.6 is 0 Å². The van der Waals surface area contributed by atoms with Crippen LogP contribution in [-0.4, -0.2) is 27.5 Å². The van der Waals surface area contributed by atoms with Crippen LogP contribution in [0.4, 0.5) is 0 Å². The Morgan fingerprint density at radius 3 is 2.41 bits per heavy atom. The molecule has 0 atom stereocenters. The van der Waals surface area contributed by atoms with E-state index >= 15 is 0 Å². The number of terminal acetylenes is 1. The van der Waals surface area contributed by atoms with Gasteiger partial charge in [-0.2, -0.15) is 0 Å². The van der Waals surface area contributed by atoms with Crippen molar-refractivity contribution in [2.75, 3.05) is 13.2 Å². The molecule has 1 aliphatic rings. The van der Waals surface area contributed by atoms with Crippen LogP contribution < -0.4 is 5.32 Å². The third-order valence-corrected chi connectivity index (χ3v) is 8.72. The Kier molecular flexibility index (Phi) is 4.83. The number of hydrogen-bond donors (Lipinski definition) is 1. The maximum absolute atomic E-state index is 6.10. The zero-order valence-electron chi connectivity index (χ0n) is 12.0. The van der Waals surface area contributed by atoms with E-state index < -0.39 is 8.32 Å². The summed E-state index contributed by atoms with van der Waals surface area (Å²) in [6.45, 7) is 13.2. The molecule has 0 saturated heterocycles. The molecule has 0 amide bonds. The lowest BCUT2D eigenvalue weighted by Gasteiger charge is -2.37. The fraction of sp³-hybridized carbons (Fsp3) is 0.857. The Balaban J connectivity index is 2.11. The summed E-state index contributed by atoms with van der Waals surface area (Å²) in [5.74, 6) is 3.31. The predicted octanol–water partition coefficient (Wildman–Crippen LogP) is 3.01. The van der Waals surface area contributed by atoms with Crippen molar-refractivity contribution in [2.45, 2.75) is 57.8 Å². The lowest BCUT2D eigenvalue weighted by molar-refractivity contribution is 0.237. The van der Waals surface area contributed by atoms with Crippen molar-refractivity contribution in [1.82, 2.24) is 5.32 Å². The lowest BCUT2D eigenvalue weighted by atomic mass is 9.81. The van der Waals surface area contributed by atoms with E-state index in [0.29, 0.717) is 17.0 Å². The molecule has 0 heterocycles. The van der Waals surface area contributed by atoms with Gasteiger partial charge in [-0.1, -0.05) is 20.8 Å². The van der Waals surface area contributed by atoms with Gasteiger partial charge in [0.1, 0.15) is 0 Å². The highest BCUT2D eigenvalue weighted by molar-refractivity contribution is 6.74. The SMILES string of the molecule is C#CC1CC(NCCO[Si](C)(C)C(C)(C)C)C1. The van der Waals surface area contributed by atoms with Gasteiger partial charge >= 0.3 is 0 Å². The van der Waals surface area contributed by atoms with Crippen LogP contribution in [0.5, 0.6) is 0 Å². The van der Waals surface area contributed by atoms with Crippen LogP contribution in [0.15, 0.2) is 0 Å². The molecule has 1 rings (SSSR count). The number of nitrogens with one attached hydrogen (secondary N) is 1. The molecule has 0 spiro atoms. The van der Waals surface area contributed by atoms with E-state index in [1.807, 2.05) is 0 Å². The van der Waals surface area contributed by atoms with Crippen LogP contribution in [0.3, 0.4) is 0 Å². The standard InChI is InChI=1S/C14H27NOSi/c1-7-12-10-13(11-12)15-8-9-16-17(5,6)14(2,3)4/h1,12-13,15H,8-11H2,2-6H3. The van der Waals surface area contributed by atoms with Gasteiger partial charge < -0.3 is 9.74 Å².